The van der Waals surface area contributed by atoms with Crippen LogP contribution in [0.25, 0.3) is 0 Å². The molecule has 0 atom stereocenters. The number of hydrogen-bond acceptors (Lipinski definition) is 5. The highest BCUT2D eigenvalue weighted by Gasteiger charge is 2.16. The number of esters is 1. The molecule has 0 aliphatic heterocycles. The van der Waals surface area contributed by atoms with Crippen LogP contribution in [-0.2, 0) is 14.3 Å². The fraction of sp³-hybridized carbons (Fsp3) is 0. The van der Waals surface area contributed by atoms with Crippen molar-refractivity contribution in [3.63, 3.8) is 0 Å². The molecule has 0 aliphatic carbocycles. The summed E-state index contributed by atoms with van der Waals surface area (Å²) in [6.07, 6.45) is -1.31. The first-order valence-corrected chi connectivity index (χ1v) is 2.03. The summed E-state index contributed by atoms with van der Waals surface area (Å²) < 4.78 is 3.55. The Labute approximate surface area is 54.7 Å². The zero-order valence-electron chi connectivity index (χ0n) is 4.66. The third-order valence-corrected chi connectivity index (χ3v) is 0.478. The van der Waals surface area contributed by atoms with E-state index in [4.69, 9.17) is 5.11 Å². The average molecular weight is 148 g/mol. The second-order valence-electron chi connectivity index (χ2n) is 1.13. The second kappa shape index (κ2) is 3.41. The van der Waals surface area contributed by atoms with Gasteiger partial charge >= 0.3 is 18.0 Å². The molecule has 10 heavy (non-hydrogen) atoms. The largest absolute Gasteiger partial charge is 0.473 e. The maximum Gasteiger partial charge on any atom is 0.429 e. The summed E-state index contributed by atoms with van der Waals surface area (Å²) in [4.78, 5) is 29.6. The van der Waals surface area contributed by atoms with E-state index in [0.717, 1.165) is 0 Å². The van der Waals surface area contributed by atoms with Gasteiger partial charge in [-0.15, -0.1) is 0 Å². The molecule has 7 nitrogen and oxygen atoms in total. The quantitative estimate of drug-likeness (QED) is 0.0930. The van der Waals surface area contributed by atoms with E-state index >= 15 is 0 Å². The molecule has 0 aromatic rings. The molecule has 0 aromatic carbocycles. The Morgan fingerprint density at radius 3 is 2.20 bits per heavy atom. The SMILES string of the molecule is NNC(=O)OC(=O)C(=O)O. The topological polar surface area (TPSA) is 119 Å². The third kappa shape index (κ3) is 2.62. The molecule has 0 unspecified atom stereocenters. The molecular weight excluding hydrogens is 144 g/mol. The van der Waals surface area contributed by atoms with Crippen LogP contribution in [-0.4, -0.2) is 23.1 Å². The van der Waals surface area contributed by atoms with Gasteiger partial charge in [0, 0.05) is 0 Å². The Morgan fingerprint density at radius 1 is 1.40 bits per heavy atom. The lowest BCUT2D eigenvalue weighted by Gasteiger charge is -1.95. The number of hydrazine groups is 1. The number of carboxylic acid groups (broad SMARTS) is 1. The van der Waals surface area contributed by atoms with E-state index in [-0.39, 0.29) is 0 Å². The zero-order chi connectivity index (χ0) is 8.15. The van der Waals surface area contributed by atoms with Gasteiger partial charge < -0.3 is 9.84 Å². The highest BCUT2D eigenvalue weighted by Crippen LogP contribution is 1.77. The number of ether oxygens (including phenoxy) is 1. The Bertz CT molecular complexity index is 176. The standard InChI is InChI=1S/C3H4N2O5/c4-5-3(9)10-2(8)1(6)7/h4H2,(H,5,9)(H,6,7). The second-order valence-corrected chi connectivity index (χ2v) is 1.13. The van der Waals surface area contributed by atoms with Crippen LogP contribution in [0.2, 0.25) is 0 Å². The van der Waals surface area contributed by atoms with Gasteiger partial charge in [-0.1, -0.05) is 0 Å². The Balaban J connectivity index is 3.80. The van der Waals surface area contributed by atoms with E-state index in [1.165, 1.54) is 5.43 Å². The molecule has 0 spiro atoms. The van der Waals surface area contributed by atoms with Crippen molar-refractivity contribution in [1.82, 2.24) is 5.43 Å². The molecule has 7 heteroatoms. The van der Waals surface area contributed by atoms with Gasteiger partial charge in [0.1, 0.15) is 0 Å². The van der Waals surface area contributed by atoms with Crippen molar-refractivity contribution in [3.05, 3.63) is 0 Å². The first-order chi connectivity index (χ1) is 4.57. The monoisotopic (exact) mass is 148 g/mol. The molecule has 0 fully saturated rings. The molecule has 56 valence electrons. The Morgan fingerprint density at radius 2 is 1.90 bits per heavy atom. The molecule has 0 aliphatic rings. The minimum absolute atomic E-state index is 1.31. The summed E-state index contributed by atoms with van der Waals surface area (Å²) in [7, 11) is 0. The molecule has 1 amide bonds. The van der Waals surface area contributed by atoms with Gasteiger partial charge in [0.25, 0.3) is 0 Å². The van der Waals surface area contributed by atoms with E-state index < -0.39 is 18.0 Å². The normalized spacial score (nSPS) is 8.10. The van der Waals surface area contributed by atoms with E-state index in [2.05, 4.69) is 10.6 Å². The van der Waals surface area contributed by atoms with Crippen molar-refractivity contribution in [2.75, 3.05) is 0 Å². The summed E-state index contributed by atoms with van der Waals surface area (Å²) in [5.74, 6) is 0.915. The highest BCUT2D eigenvalue weighted by molar-refractivity contribution is 6.30. The lowest BCUT2D eigenvalue weighted by atomic mass is 10.7. The van der Waals surface area contributed by atoms with Crippen molar-refractivity contribution >= 4 is 18.0 Å². The van der Waals surface area contributed by atoms with Crippen LogP contribution < -0.4 is 11.3 Å². The predicted molar refractivity (Wildman–Crippen MR) is 26.4 cm³/mol. The van der Waals surface area contributed by atoms with Crippen LogP contribution in [0.1, 0.15) is 0 Å². The predicted octanol–water partition coefficient (Wildman–Crippen LogP) is -1.80. The van der Waals surface area contributed by atoms with Crippen molar-refractivity contribution in [2.24, 2.45) is 5.84 Å². The third-order valence-electron chi connectivity index (χ3n) is 0.478. The van der Waals surface area contributed by atoms with Gasteiger partial charge in [-0.3, -0.25) is 5.43 Å². The molecule has 0 rings (SSSR count). The van der Waals surface area contributed by atoms with Gasteiger partial charge in [0.05, 0.1) is 0 Å². The molecule has 0 bridgehead atoms. The molecule has 0 heterocycles. The molecule has 0 saturated heterocycles. The first kappa shape index (κ1) is 8.37. The van der Waals surface area contributed by atoms with Crippen molar-refractivity contribution in [1.29, 1.82) is 0 Å². The molecular formula is C3H4N2O5. The first-order valence-electron chi connectivity index (χ1n) is 2.03. The number of carbonyl (C=O) groups excluding carboxylic acids is 2. The van der Waals surface area contributed by atoms with Gasteiger partial charge in [-0.2, -0.15) is 0 Å². The maximum atomic E-state index is 9.98. The minimum atomic E-state index is -1.86. The van der Waals surface area contributed by atoms with Gasteiger partial charge in [-0.25, -0.2) is 20.2 Å². The number of hydrogen-bond donors (Lipinski definition) is 3. The van der Waals surface area contributed by atoms with E-state index in [0.29, 0.717) is 0 Å². The lowest BCUT2D eigenvalue weighted by molar-refractivity contribution is -0.159. The number of rotatable bonds is 0. The molecule has 0 saturated carbocycles. The van der Waals surface area contributed by atoms with Crippen LogP contribution in [0, 0.1) is 0 Å². The van der Waals surface area contributed by atoms with Crippen LogP contribution >= 0.6 is 0 Å². The smallest absolute Gasteiger partial charge is 0.429 e. The Hall–Kier alpha value is -1.63. The Kier molecular flexibility index (Phi) is 2.85. The van der Waals surface area contributed by atoms with Gasteiger partial charge in [0.2, 0.25) is 0 Å². The van der Waals surface area contributed by atoms with Crippen molar-refractivity contribution in [3.8, 4) is 0 Å². The molecule has 0 aromatic heterocycles. The fourth-order valence-electron chi connectivity index (χ4n) is 0.157. The zero-order valence-corrected chi connectivity index (χ0v) is 4.66. The summed E-state index contributed by atoms with van der Waals surface area (Å²) >= 11 is 0. The maximum absolute atomic E-state index is 9.98. The minimum Gasteiger partial charge on any atom is -0.473 e. The van der Waals surface area contributed by atoms with Crippen LogP contribution in [0.15, 0.2) is 0 Å². The van der Waals surface area contributed by atoms with Gasteiger partial charge in [0.15, 0.2) is 0 Å². The van der Waals surface area contributed by atoms with E-state index in [1.54, 1.807) is 0 Å². The number of carbonyl (C=O) groups is 3. The van der Waals surface area contributed by atoms with Gasteiger partial charge in [-0.05, 0) is 0 Å². The van der Waals surface area contributed by atoms with E-state index in [9.17, 15) is 14.4 Å². The summed E-state index contributed by atoms with van der Waals surface area (Å²) in [5, 5.41) is 7.83. The van der Waals surface area contributed by atoms with Crippen LogP contribution in [0.4, 0.5) is 4.79 Å². The van der Waals surface area contributed by atoms with Crippen molar-refractivity contribution in [2.45, 2.75) is 0 Å². The number of carboxylic acids is 1. The average Bonchev–Trinajstić information content (AvgIpc) is 1.87. The summed E-state index contributed by atoms with van der Waals surface area (Å²) in [6, 6.07) is 0. The lowest BCUT2D eigenvalue weighted by Crippen LogP contribution is -2.34. The van der Waals surface area contributed by atoms with Crippen LogP contribution in [0.3, 0.4) is 0 Å². The van der Waals surface area contributed by atoms with Crippen LogP contribution in [0.5, 0.6) is 0 Å². The number of aliphatic carboxylic acids is 1. The van der Waals surface area contributed by atoms with Crippen molar-refractivity contribution < 1.29 is 24.2 Å². The van der Waals surface area contributed by atoms with E-state index in [1.807, 2.05) is 0 Å². The number of nitrogens with one attached hydrogen (secondary N) is 1. The molecule has 0 radical (unpaired) electrons. The number of amides is 1. The highest BCUT2D eigenvalue weighted by atomic mass is 16.6. The molecule has 4 N–H and O–H groups in total. The summed E-state index contributed by atoms with van der Waals surface area (Å²) in [6.45, 7) is 0. The fourth-order valence-corrected chi connectivity index (χ4v) is 0.157. The summed E-state index contributed by atoms with van der Waals surface area (Å²) in [5.41, 5.74) is 1.41. The number of nitrogens with two attached hydrogens (primary N) is 1.